The molecule has 3 saturated heterocycles. The van der Waals surface area contributed by atoms with Crippen LogP contribution in [0.15, 0.2) is 34.9 Å². The van der Waals surface area contributed by atoms with Crippen LogP contribution in [0.1, 0.15) is 115 Å². The molecule has 3 aliphatic heterocycles. The van der Waals surface area contributed by atoms with Crippen molar-refractivity contribution in [3.8, 4) is 0 Å². The van der Waals surface area contributed by atoms with Gasteiger partial charge in [0, 0.05) is 22.0 Å². The summed E-state index contributed by atoms with van der Waals surface area (Å²) < 4.78 is 49.0. The highest BCUT2D eigenvalue weighted by atomic mass is 16.8. The molecule has 8 aliphatic rings. The van der Waals surface area contributed by atoms with Crippen LogP contribution < -0.4 is 0 Å². The van der Waals surface area contributed by atoms with Crippen molar-refractivity contribution in [1.29, 1.82) is 0 Å². The molecule has 0 aromatic carbocycles. The van der Waals surface area contributed by atoms with E-state index in [4.69, 9.17) is 37.9 Å². The first-order chi connectivity index (χ1) is 37.3. The third-order valence-corrected chi connectivity index (χ3v) is 21.4. The van der Waals surface area contributed by atoms with E-state index in [0.29, 0.717) is 37.7 Å². The molecule has 0 radical (unpaired) electrons. The van der Waals surface area contributed by atoms with Crippen LogP contribution in [0.25, 0.3) is 0 Å². The Labute approximate surface area is 466 Å². The molecule has 454 valence electrons. The molecule has 8 rings (SSSR count). The van der Waals surface area contributed by atoms with Crippen molar-refractivity contribution in [3.05, 3.63) is 34.9 Å². The number of hydrogen-bond acceptors (Lipinski definition) is 22. The zero-order valence-corrected chi connectivity index (χ0v) is 47.7. The highest BCUT2D eigenvalue weighted by molar-refractivity contribution is 5.89. The molecule has 0 spiro atoms. The Morgan fingerprint density at radius 2 is 1.18 bits per heavy atom. The zero-order valence-electron chi connectivity index (χ0n) is 47.7. The van der Waals surface area contributed by atoms with Gasteiger partial charge in [-0.05, 0) is 100 Å². The fraction of sp³-hybridized carbons (Fsp3) is 0.842. The summed E-state index contributed by atoms with van der Waals surface area (Å²) in [6.45, 7) is 18.4. The lowest BCUT2D eigenvalue weighted by atomic mass is 9.32. The van der Waals surface area contributed by atoms with Crippen molar-refractivity contribution in [2.75, 3.05) is 19.8 Å². The summed E-state index contributed by atoms with van der Waals surface area (Å²) in [5.74, 6) is -4.01. The minimum Gasteiger partial charge on any atom is -0.479 e. The SMILES string of the molecule is C/C=C(/C)C(=O)O[C@H]1[C@H](OC(=O)/C(C)=C\C)[C@@]2(CO)C(CC1(C)C)C1=CCC3[C@@]4(C)CC[C@H](O[C@@H]5OC(C(=O)O)[C@@H](O)C(O[C@@H]6O[C@@H](CO)C(O)[C@@H]6O)[C@@H]5O[C@@H]5OC(CO)[C@H](O)C(O)[C@@H]5O)C(C)(C)C4CC[C@@]3(C)[C@]1(C)[C@@H](O)[C@H]2O. The van der Waals surface area contributed by atoms with Crippen LogP contribution >= 0.6 is 0 Å². The van der Waals surface area contributed by atoms with Gasteiger partial charge in [0.05, 0.1) is 43.5 Å². The number of carboxylic acid groups (broad SMARTS) is 1. The number of aliphatic hydroxyl groups excluding tert-OH is 11. The Bertz CT molecular complexity index is 2390. The second-order valence-electron chi connectivity index (χ2n) is 26.0. The number of carbonyl (C=O) groups excluding carboxylic acids is 2. The molecule has 0 aromatic rings. The van der Waals surface area contributed by atoms with Crippen LogP contribution in [0.2, 0.25) is 0 Å². The van der Waals surface area contributed by atoms with Crippen molar-refractivity contribution in [2.24, 2.45) is 50.2 Å². The maximum Gasteiger partial charge on any atom is 0.335 e. The van der Waals surface area contributed by atoms with E-state index in [1.807, 2.05) is 34.6 Å². The minimum absolute atomic E-state index is 0.153. The summed E-state index contributed by atoms with van der Waals surface area (Å²) in [6.07, 6.45) is -24.0. The number of hydrogen-bond donors (Lipinski definition) is 12. The number of aliphatic carboxylic acids is 1. The maximum absolute atomic E-state index is 13.9. The Balaban J connectivity index is 1.14. The molecule has 80 heavy (non-hydrogen) atoms. The smallest absolute Gasteiger partial charge is 0.335 e. The minimum atomic E-state index is -2.13. The summed E-state index contributed by atoms with van der Waals surface area (Å²) in [7, 11) is 0. The normalized spacial score (nSPS) is 49.0. The fourth-order valence-corrected chi connectivity index (χ4v) is 16.2. The van der Waals surface area contributed by atoms with Crippen molar-refractivity contribution in [2.45, 2.75) is 231 Å². The van der Waals surface area contributed by atoms with Crippen LogP contribution in [0.5, 0.6) is 0 Å². The fourth-order valence-electron chi connectivity index (χ4n) is 16.2. The average molecular weight is 1140 g/mol. The standard InChI is InChI=1S/C57H88O23/c1-12-24(3)47(71)79-44-45(80-48(72)25(4)13-2)57(23-60)27(20-52(44,5)6)26-14-15-31-54(9)18-17-32(53(7,8)30(54)16-19-55(31,10)56(26,11)42(67)43(57)68)75-51-41(78-50-37(65)35(63)33(61)28(21-58)73-50)39(38(66)40(77-51)46(69)70)76-49-36(64)34(62)29(22-59)74-49/h12-14,27-45,49-51,58-68H,15-23H2,1-11H3,(H,69,70)/b24-12-,25-13-/t27?,28?,29-,30?,31?,32-,33-,34?,35?,36-,37-,38-,39?,40?,41-,42-,43+,44-,45-,49-,50-,51+,54-,55+,56-,57-/m0/s1. The van der Waals surface area contributed by atoms with Crippen molar-refractivity contribution >= 4 is 17.9 Å². The average Bonchev–Trinajstić information content (AvgIpc) is 3.72. The number of ether oxygens (including phenoxy) is 8. The molecule has 3 heterocycles. The van der Waals surface area contributed by atoms with Gasteiger partial charge in [0.15, 0.2) is 31.1 Å². The van der Waals surface area contributed by atoms with Gasteiger partial charge < -0.3 is 99.2 Å². The predicted octanol–water partition coefficient (Wildman–Crippen LogP) is 0.263. The van der Waals surface area contributed by atoms with E-state index in [1.165, 1.54) is 0 Å². The van der Waals surface area contributed by atoms with Crippen molar-refractivity contribution < 1.29 is 114 Å². The molecular formula is C57H88O23. The van der Waals surface area contributed by atoms with E-state index in [9.17, 15) is 75.7 Å². The number of esters is 2. The number of carbonyl (C=O) groups is 3. The molecule has 0 amide bonds. The third kappa shape index (κ3) is 9.76. The van der Waals surface area contributed by atoms with Gasteiger partial charge in [-0.3, -0.25) is 0 Å². The number of aliphatic hydroxyl groups is 11. The maximum atomic E-state index is 13.9. The second-order valence-corrected chi connectivity index (χ2v) is 26.0. The number of allylic oxidation sites excluding steroid dienone is 3. The van der Waals surface area contributed by atoms with Crippen LogP contribution in [0.4, 0.5) is 0 Å². The molecule has 4 saturated carbocycles. The molecule has 12 N–H and O–H groups in total. The second kappa shape index (κ2) is 22.7. The highest BCUT2D eigenvalue weighted by Gasteiger charge is 2.76. The van der Waals surface area contributed by atoms with Crippen LogP contribution in [0, 0.1) is 50.2 Å². The zero-order chi connectivity index (χ0) is 59.3. The van der Waals surface area contributed by atoms with Gasteiger partial charge in [-0.1, -0.05) is 72.3 Å². The molecular weight excluding hydrogens is 1050 g/mol. The first-order valence-corrected chi connectivity index (χ1v) is 28.1. The molecule has 23 heteroatoms. The van der Waals surface area contributed by atoms with Crippen LogP contribution in [-0.4, -0.2) is 216 Å². The summed E-state index contributed by atoms with van der Waals surface area (Å²) in [5, 5.41) is 134. The first kappa shape index (κ1) is 63.0. The van der Waals surface area contributed by atoms with E-state index in [2.05, 4.69) is 19.9 Å². The summed E-state index contributed by atoms with van der Waals surface area (Å²) in [6, 6.07) is 0. The highest BCUT2D eigenvalue weighted by Crippen LogP contribution is 2.76. The number of rotatable bonds is 14. The van der Waals surface area contributed by atoms with Gasteiger partial charge in [-0.15, -0.1) is 0 Å². The van der Waals surface area contributed by atoms with Gasteiger partial charge in [0.1, 0.15) is 67.1 Å². The molecule has 5 aliphatic carbocycles. The summed E-state index contributed by atoms with van der Waals surface area (Å²) in [4.78, 5) is 40.3. The lowest BCUT2D eigenvalue weighted by Gasteiger charge is -2.73. The molecule has 8 unspecified atom stereocenters. The Hall–Kier alpha value is -3.05. The van der Waals surface area contributed by atoms with E-state index < -0.39 is 193 Å². The van der Waals surface area contributed by atoms with E-state index in [0.717, 1.165) is 5.57 Å². The van der Waals surface area contributed by atoms with Gasteiger partial charge in [-0.25, -0.2) is 14.4 Å². The van der Waals surface area contributed by atoms with Crippen molar-refractivity contribution in [3.63, 3.8) is 0 Å². The largest absolute Gasteiger partial charge is 0.479 e. The summed E-state index contributed by atoms with van der Waals surface area (Å²) >= 11 is 0. The quantitative estimate of drug-likeness (QED) is 0.0480. The molecule has 0 bridgehead atoms. The van der Waals surface area contributed by atoms with Crippen LogP contribution in [0.3, 0.4) is 0 Å². The number of carboxylic acids is 1. The predicted molar refractivity (Wildman–Crippen MR) is 277 cm³/mol. The monoisotopic (exact) mass is 1140 g/mol. The van der Waals surface area contributed by atoms with Gasteiger partial charge >= 0.3 is 17.9 Å². The van der Waals surface area contributed by atoms with Crippen molar-refractivity contribution in [1.82, 2.24) is 0 Å². The Morgan fingerprint density at radius 1 is 0.637 bits per heavy atom. The van der Waals surface area contributed by atoms with Gasteiger partial charge in [0.25, 0.3) is 0 Å². The summed E-state index contributed by atoms with van der Waals surface area (Å²) in [5.41, 5.74) is -4.40. The third-order valence-electron chi connectivity index (χ3n) is 21.4. The Morgan fingerprint density at radius 3 is 1.71 bits per heavy atom. The molecule has 23 nitrogen and oxygen atoms in total. The topological polar surface area (TPSA) is 368 Å². The molecule has 7 fully saturated rings. The molecule has 26 atom stereocenters. The van der Waals surface area contributed by atoms with E-state index in [-0.39, 0.29) is 23.8 Å². The Kier molecular flexibility index (Phi) is 17.9. The van der Waals surface area contributed by atoms with Gasteiger partial charge in [0.2, 0.25) is 0 Å². The molecule has 0 aromatic heterocycles. The van der Waals surface area contributed by atoms with E-state index in [1.54, 1.807) is 39.8 Å². The van der Waals surface area contributed by atoms with Gasteiger partial charge in [-0.2, -0.15) is 0 Å². The van der Waals surface area contributed by atoms with E-state index >= 15 is 0 Å². The first-order valence-electron chi connectivity index (χ1n) is 28.1. The lowest BCUT2D eigenvalue weighted by Crippen LogP contribution is -2.76. The van der Waals surface area contributed by atoms with Crippen LogP contribution in [-0.2, 0) is 52.3 Å². The number of fused-ring (bicyclic) bond motifs is 7. The lowest BCUT2D eigenvalue weighted by molar-refractivity contribution is -0.386.